The van der Waals surface area contributed by atoms with E-state index in [1.54, 1.807) is 11.1 Å². The lowest BCUT2D eigenvalue weighted by Gasteiger charge is -2.33. The third-order valence-electron chi connectivity index (χ3n) is 16.9. The fourth-order valence-corrected chi connectivity index (χ4v) is 14.3. The van der Waals surface area contributed by atoms with Crippen molar-refractivity contribution in [2.24, 2.45) is 8.73 Å². The molecule has 2 aliphatic carbocycles. The van der Waals surface area contributed by atoms with E-state index in [-0.39, 0.29) is 10.8 Å². The van der Waals surface area contributed by atoms with Crippen LogP contribution >= 0.6 is 11.7 Å². The van der Waals surface area contributed by atoms with Crippen LogP contribution < -0.4 is 0 Å². The van der Waals surface area contributed by atoms with Crippen molar-refractivity contribution < 1.29 is 0 Å². The van der Waals surface area contributed by atoms with E-state index in [1.807, 2.05) is 0 Å². The lowest BCUT2D eigenvalue weighted by atomic mass is 9.70. The van der Waals surface area contributed by atoms with Gasteiger partial charge in [0.05, 0.1) is 23.1 Å². The second-order valence-electron chi connectivity index (χ2n) is 21.5. The van der Waals surface area contributed by atoms with Gasteiger partial charge < -0.3 is 0 Å². The van der Waals surface area contributed by atoms with E-state index in [0.29, 0.717) is 0 Å². The molecule has 370 valence electrons. The Balaban J connectivity index is 1.12. The summed E-state index contributed by atoms with van der Waals surface area (Å²) in [5, 5.41) is 0. The van der Waals surface area contributed by atoms with Crippen LogP contribution in [0.2, 0.25) is 0 Å². The van der Waals surface area contributed by atoms with Crippen molar-refractivity contribution in [2.75, 3.05) is 0 Å². The molecule has 0 bridgehead atoms. The molecule has 0 saturated carbocycles. The van der Waals surface area contributed by atoms with Crippen molar-refractivity contribution >= 4 is 45.5 Å². The molecule has 6 aromatic rings. The molecule has 5 aromatic carbocycles. The maximum Gasteiger partial charge on any atom is 0.115 e. The minimum atomic E-state index is -0.00419. The molecule has 0 spiro atoms. The van der Waals surface area contributed by atoms with Crippen molar-refractivity contribution in [3.8, 4) is 44.5 Å². The van der Waals surface area contributed by atoms with E-state index < -0.39 is 0 Å². The molecule has 70 heavy (non-hydrogen) atoms. The summed E-state index contributed by atoms with van der Waals surface area (Å²) >= 11 is 2.68. The number of benzene rings is 5. The first-order valence-electron chi connectivity index (χ1n) is 28.5. The van der Waals surface area contributed by atoms with Crippen LogP contribution in [-0.4, -0.2) is 8.75 Å². The predicted molar refractivity (Wildman–Crippen MR) is 304 cm³/mol. The van der Waals surface area contributed by atoms with Gasteiger partial charge >= 0.3 is 0 Å². The molecule has 0 amide bonds. The number of hydrogen-bond donors (Lipinski definition) is 0. The molecular formula is C64H82N4S2. The van der Waals surface area contributed by atoms with E-state index in [2.05, 4.69) is 113 Å². The van der Waals surface area contributed by atoms with Crippen molar-refractivity contribution in [2.45, 2.75) is 218 Å². The van der Waals surface area contributed by atoms with Gasteiger partial charge in [-0.15, -0.1) is 0 Å². The molecule has 0 unspecified atom stereocenters. The van der Waals surface area contributed by atoms with Gasteiger partial charge in [0.15, 0.2) is 0 Å². The summed E-state index contributed by atoms with van der Waals surface area (Å²) in [5.41, 5.74) is 20.2. The van der Waals surface area contributed by atoms with E-state index >= 15 is 0 Å². The predicted octanol–water partition coefficient (Wildman–Crippen LogP) is 21.3. The van der Waals surface area contributed by atoms with Gasteiger partial charge in [-0.1, -0.05) is 255 Å². The van der Waals surface area contributed by atoms with Crippen molar-refractivity contribution in [3.63, 3.8) is 0 Å². The molecule has 1 aromatic heterocycles. The summed E-state index contributed by atoms with van der Waals surface area (Å²) in [7, 11) is 0. The van der Waals surface area contributed by atoms with Gasteiger partial charge in [0.2, 0.25) is 0 Å². The van der Waals surface area contributed by atoms with Crippen molar-refractivity contribution in [3.05, 3.63) is 107 Å². The molecule has 0 atom stereocenters. The van der Waals surface area contributed by atoms with Crippen LogP contribution in [0.25, 0.3) is 55.5 Å². The number of rotatable bonds is 30. The maximum atomic E-state index is 5.19. The van der Waals surface area contributed by atoms with Gasteiger partial charge in [0.25, 0.3) is 0 Å². The number of hydrogen-bond acceptors (Lipinski definition) is 5. The third-order valence-corrected chi connectivity index (χ3v) is 17.9. The van der Waals surface area contributed by atoms with Crippen molar-refractivity contribution in [1.82, 2.24) is 8.75 Å². The Hall–Kier alpha value is -4.26. The highest BCUT2D eigenvalue weighted by Gasteiger charge is 2.44. The highest BCUT2D eigenvalue weighted by molar-refractivity contribution is 7.58. The molecule has 4 nitrogen and oxygen atoms in total. The average Bonchev–Trinajstić information content (AvgIpc) is 4.19. The van der Waals surface area contributed by atoms with Gasteiger partial charge in [-0.05, 0) is 93.5 Å². The quantitative estimate of drug-likeness (QED) is 0.0422. The summed E-state index contributed by atoms with van der Waals surface area (Å²) in [5.74, 6) is 0. The summed E-state index contributed by atoms with van der Waals surface area (Å²) in [6.45, 7) is 9.29. The van der Waals surface area contributed by atoms with Gasteiger partial charge in [0.1, 0.15) is 22.4 Å². The van der Waals surface area contributed by atoms with Crippen LogP contribution in [0.4, 0.5) is 11.4 Å². The maximum absolute atomic E-state index is 5.19. The molecule has 2 heterocycles. The number of unbranched alkanes of at least 4 members (excludes halogenated alkanes) is 20. The lowest BCUT2D eigenvalue weighted by Crippen LogP contribution is -2.25. The Morgan fingerprint density at radius 3 is 1.06 bits per heavy atom. The van der Waals surface area contributed by atoms with Crippen LogP contribution in [0.15, 0.2) is 93.7 Å². The zero-order valence-corrected chi connectivity index (χ0v) is 45.1. The SMILES string of the molecule is CCCCCCCCC1(CCCCCCCC)c2ccccc2-c2ccc(-c3c4c(c(-c5ccc6c(c5)C(CCCCCCCC)(CCCCCCCC)c5ccccc5-6)c5nsnc35)N=S=N4)cc21. The largest absolute Gasteiger partial charge is 0.172 e. The van der Waals surface area contributed by atoms with Crippen LogP contribution in [0.1, 0.15) is 230 Å². The minimum absolute atomic E-state index is 0.00419. The normalized spacial score (nSPS) is 14.5. The Morgan fingerprint density at radius 2 is 0.686 bits per heavy atom. The summed E-state index contributed by atoms with van der Waals surface area (Å²) in [6.07, 6.45) is 36.3. The standard InChI is InChI=1S/C64H82N4S2/c1-5-9-13-17-21-29-41-63(42-30-22-18-14-10-6-2)53-35-27-25-33-49(53)51-39-37-47(45-55(51)63)57-59-61(67-69-65-59)58(62-60(57)66-70-68-62)48-38-40-52-50-34-26-28-36-54(50)64(56(52)46-48,43-31-23-19-15-11-7-3)44-32-24-20-16-12-8-4/h25-28,33-40,45-46H,5-24,29-32,41-44H2,1-4H3. The molecule has 6 heteroatoms. The van der Waals surface area contributed by atoms with E-state index in [9.17, 15) is 0 Å². The fourth-order valence-electron chi connectivity index (χ4n) is 13.2. The zero-order chi connectivity index (χ0) is 48.2. The first-order valence-corrected chi connectivity index (χ1v) is 30.0. The van der Waals surface area contributed by atoms with Gasteiger partial charge in [0, 0.05) is 22.0 Å². The van der Waals surface area contributed by atoms with Crippen LogP contribution in [0, 0.1) is 0 Å². The highest BCUT2D eigenvalue weighted by Crippen LogP contribution is 2.59. The van der Waals surface area contributed by atoms with Crippen LogP contribution in [0.3, 0.4) is 0 Å². The molecular weight excluding hydrogens is 889 g/mol. The van der Waals surface area contributed by atoms with E-state index in [0.717, 1.165) is 33.5 Å². The third kappa shape index (κ3) is 10.3. The fraction of sp³-hybridized carbons (Fsp3) is 0.531. The Kier molecular flexibility index (Phi) is 17.7. The first kappa shape index (κ1) is 50.7. The molecule has 0 saturated heterocycles. The number of nitrogens with zero attached hydrogens (tertiary/aromatic N) is 4. The zero-order valence-electron chi connectivity index (χ0n) is 43.5. The van der Waals surface area contributed by atoms with Gasteiger partial charge in [-0.3, -0.25) is 0 Å². The number of fused-ring (bicyclic) bond motifs is 8. The summed E-state index contributed by atoms with van der Waals surface area (Å²) in [6, 6.07) is 33.5. The lowest BCUT2D eigenvalue weighted by molar-refractivity contribution is 0.398. The second-order valence-corrected chi connectivity index (χ2v) is 22.6. The Bertz CT molecular complexity index is 2540. The molecule has 1 aliphatic heterocycles. The van der Waals surface area contributed by atoms with Gasteiger partial charge in [-0.25, -0.2) is 0 Å². The van der Waals surface area contributed by atoms with Crippen molar-refractivity contribution in [1.29, 1.82) is 0 Å². The van der Waals surface area contributed by atoms with Crippen LogP contribution in [-0.2, 0) is 22.2 Å². The first-order chi connectivity index (χ1) is 34.6. The summed E-state index contributed by atoms with van der Waals surface area (Å²) < 4.78 is 20.8. The smallest absolute Gasteiger partial charge is 0.115 e. The topological polar surface area (TPSA) is 50.5 Å². The highest BCUT2D eigenvalue weighted by atomic mass is 32.1. The molecule has 0 fully saturated rings. The second kappa shape index (κ2) is 24.4. The Labute approximate surface area is 430 Å². The Morgan fingerprint density at radius 1 is 0.357 bits per heavy atom. The average molecular weight is 972 g/mol. The summed E-state index contributed by atoms with van der Waals surface area (Å²) in [4.78, 5) is 0. The van der Waals surface area contributed by atoms with E-state index in [1.165, 1.54) is 247 Å². The number of aromatic nitrogens is 2. The molecule has 0 radical (unpaired) electrons. The van der Waals surface area contributed by atoms with E-state index in [4.69, 9.17) is 17.5 Å². The monoisotopic (exact) mass is 971 g/mol. The van der Waals surface area contributed by atoms with Gasteiger partial charge in [-0.2, -0.15) is 17.5 Å². The van der Waals surface area contributed by atoms with Crippen LogP contribution in [0.5, 0.6) is 0 Å². The molecule has 0 N–H and O–H groups in total. The molecule has 3 aliphatic rings. The molecule has 9 rings (SSSR count). The minimum Gasteiger partial charge on any atom is -0.172 e.